The Bertz CT molecular complexity index is 434. The molecule has 0 bridgehead atoms. The van der Waals surface area contributed by atoms with E-state index in [1.807, 2.05) is 0 Å². The Labute approximate surface area is 113 Å². The number of hydrogen-bond donors (Lipinski definition) is 2. The van der Waals surface area contributed by atoms with Crippen LogP contribution in [-0.2, 0) is 4.79 Å². The molecule has 1 amide bonds. The molecule has 0 saturated heterocycles. The molecular weight excluding hydrogens is 245 g/mol. The van der Waals surface area contributed by atoms with Crippen LogP contribution >= 0.6 is 0 Å². The van der Waals surface area contributed by atoms with Gasteiger partial charge in [0.15, 0.2) is 0 Å². The van der Waals surface area contributed by atoms with Crippen LogP contribution in [-0.4, -0.2) is 43.5 Å². The second kappa shape index (κ2) is 6.63. The Morgan fingerprint density at radius 2 is 2.26 bits per heavy atom. The summed E-state index contributed by atoms with van der Waals surface area (Å²) in [4.78, 5) is 13.9. The fourth-order valence-corrected chi connectivity index (χ4v) is 1.93. The molecule has 4 nitrogen and oxygen atoms in total. The van der Waals surface area contributed by atoms with E-state index < -0.39 is 0 Å². The van der Waals surface area contributed by atoms with E-state index in [4.69, 9.17) is 0 Å². The normalized spacial score (nSPS) is 14.7. The molecule has 0 radical (unpaired) electrons. The minimum Gasteiger partial charge on any atom is -0.325 e. The van der Waals surface area contributed by atoms with Gasteiger partial charge in [-0.2, -0.15) is 0 Å². The summed E-state index contributed by atoms with van der Waals surface area (Å²) in [7, 11) is 2.10. The number of carbonyl (C=O) groups excluding carboxylic acids is 1. The van der Waals surface area contributed by atoms with Crippen molar-refractivity contribution < 1.29 is 9.18 Å². The molecular formula is C14H20FN3O. The zero-order valence-electron chi connectivity index (χ0n) is 11.2. The van der Waals surface area contributed by atoms with Crippen molar-refractivity contribution in [2.24, 2.45) is 0 Å². The Kier molecular flexibility index (Phi) is 4.87. The van der Waals surface area contributed by atoms with Crippen molar-refractivity contribution in [1.29, 1.82) is 0 Å². The molecule has 1 aromatic carbocycles. The molecule has 0 aliphatic heterocycles. The van der Waals surface area contributed by atoms with E-state index in [1.54, 1.807) is 12.1 Å². The fourth-order valence-electron chi connectivity index (χ4n) is 1.93. The predicted octanol–water partition coefficient (Wildman–Crippen LogP) is 1.45. The predicted molar refractivity (Wildman–Crippen MR) is 73.6 cm³/mol. The molecule has 19 heavy (non-hydrogen) atoms. The van der Waals surface area contributed by atoms with Crippen molar-refractivity contribution in [3.63, 3.8) is 0 Å². The number of nitrogens with one attached hydrogen (secondary N) is 2. The molecule has 2 rings (SSSR count). The van der Waals surface area contributed by atoms with E-state index in [0.717, 1.165) is 19.1 Å². The topological polar surface area (TPSA) is 44.4 Å². The van der Waals surface area contributed by atoms with Gasteiger partial charge in [-0.1, -0.05) is 6.07 Å². The highest BCUT2D eigenvalue weighted by atomic mass is 19.1. The Morgan fingerprint density at radius 3 is 2.95 bits per heavy atom. The van der Waals surface area contributed by atoms with Gasteiger partial charge in [-0.05, 0) is 38.1 Å². The summed E-state index contributed by atoms with van der Waals surface area (Å²) in [6, 6.07) is 6.63. The van der Waals surface area contributed by atoms with E-state index in [-0.39, 0.29) is 18.3 Å². The van der Waals surface area contributed by atoms with Gasteiger partial charge in [0, 0.05) is 24.8 Å². The van der Waals surface area contributed by atoms with Gasteiger partial charge in [-0.3, -0.25) is 4.79 Å². The number of rotatable bonds is 7. The van der Waals surface area contributed by atoms with Crippen molar-refractivity contribution in [3.8, 4) is 0 Å². The summed E-state index contributed by atoms with van der Waals surface area (Å²) in [5.74, 6) is -0.503. The molecule has 2 N–H and O–H groups in total. The molecule has 0 atom stereocenters. The van der Waals surface area contributed by atoms with Crippen molar-refractivity contribution in [2.75, 3.05) is 32.0 Å². The van der Waals surface area contributed by atoms with E-state index >= 15 is 0 Å². The van der Waals surface area contributed by atoms with Crippen molar-refractivity contribution in [2.45, 2.75) is 18.9 Å². The first-order valence-corrected chi connectivity index (χ1v) is 6.61. The summed E-state index contributed by atoms with van der Waals surface area (Å²) in [5, 5.41) is 5.74. The Morgan fingerprint density at radius 1 is 1.47 bits per heavy atom. The Hall–Kier alpha value is -1.46. The summed E-state index contributed by atoms with van der Waals surface area (Å²) in [5.41, 5.74) is 0.488. The minimum absolute atomic E-state index is 0.153. The lowest BCUT2D eigenvalue weighted by Crippen LogP contribution is -2.35. The summed E-state index contributed by atoms with van der Waals surface area (Å²) in [6.45, 7) is 1.97. The number of anilines is 1. The first-order valence-electron chi connectivity index (χ1n) is 6.61. The summed E-state index contributed by atoms with van der Waals surface area (Å²) < 4.78 is 12.9. The minimum atomic E-state index is -0.350. The third-order valence-corrected chi connectivity index (χ3v) is 3.21. The summed E-state index contributed by atoms with van der Waals surface area (Å²) in [6.07, 6.45) is 2.58. The molecule has 5 heteroatoms. The SMILES string of the molecule is CN(CCNCC(=O)Nc1cccc(F)c1)C1CC1. The zero-order valence-corrected chi connectivity index (χ0v) is 11.2. The first-order chi connectivity index (χ1) is 9.15. The monoisotopic (exact) mass is 265 g/mol. The van der Waals surface area contributed by atoms with Crippen molar-refractivity contribution >= 4 is 11.6 Å². The molecule has 0 aromatic heterocycles. The van der Waals surface area contributed by atoms with Crippen LogP contribution in [0.4, 0.5) is 10.1 Å². The van der Waals surface area contributed by atoms with Gasteiger partial charge < -0.3 is 15.5 Å². The first kappa shape index (κ1) is 14.0. The van der Waals surface area contributed by atoms with E-state index in [1.165, 1.54) is 25.0 Å². The maximum absolute atomic E-state index is 12.9. The van der Waals surface area contributed by atoms with Crippen LogP contribution in [0.2, 0.25) is 0 Å². The van der Waals surface area contributed by atoms with Gasteiger partial charge in [-0.15, -0.1) is 0 Å². The van der Waals surface area contributed by atoms with Crippen LogP contribution in [0, 0.1) is 5.82 Å². The van der Waals surface area contributed by atoms with Crippen LogP contribution < -0.4 is 10.6 Å². The largest absolute Gasteiger partial charge is 0.325 e. The van der Waals surface area contributed by atoms with Crippen molar-refractivity contribution in [3.05, 3.63) is 30.1 Å². The van der Waals surface area contributed by atoms with Gasteiger partial charge in [0.1, 0.15) is 5.82 Å². The number of benzene rings is 1. The number of nitrogens with zero attached hydrogens (tertiary/aromatic N) is 1. The third-order valence-electron chi connectivity index (χ3n) is 3.21. The second-order valence-electron chi connectivity index (χ2n) is 4.95. The van der Waals surface area contributed by atoms with Crippen LogP contribution in [0.25, 0.3) is 0 Å². The van der Waals surface area contributed by atoms with E-state index in [9.17, 15) is 9.18 Å². The number of likely N-dealkylation sites (N-methyl/N-ethyl adjacent to an activating group) is 1. The Balaban J connectivity index is 1.61. The highest BCUT2D eigenvalue weighted by Gasteiger charge is 2.25. The summed E-state index contributed by atoms with van der Waals surface area (Å²) >= 11 is 0. The third kappa shape index (κ3) is 4.96. The van der Waals surface area contributed by atoms with Gasteiger partial charge >= 0.3 is 0 Å². The van der Waals surface area contributed by atoms with Gasteiger partial charge in [0.05, 0.1) is 6.54 Å². The molecule has 1 aliphatic carbocycles. The average molecular weight is 265 g/mol. The van der Waals surface area contributed by atoms with Gasteiger partial charge in [0.25, 0.3) is 0 Å². The van der Waals surface area contributed by atoms with Crippen molar-refractivity contribution in [1.82, 2.24) is 10.2 Å². The lowest BCUT2D eigenvalue weighted by Gasteiger charge is -2.15. The molecule has 104 valence electrons. The number of halogens is 1. The lowest BCUT2D eigenvalue weighted by atomic mass is 10.3. The fraction of sp³-hybridized carbons (Fsp3) is 0.500. The van der Waals surface area contributed by atoms with Crippen LogP contribution in [0.3, 0.4) is 0 Å². The maximum Gasteiger partial charge on any atom is 0.238 e. The van der Waals surface area contributed by atoms with Gasteiger partial charge in [0.2, 0.25) is 5.91 Å². The maximum atomic E-state index is 12.9. The lowest BCUT2D eigenvalue weighted by molar-refractivity contribution is -0.115. The molecule has 0 heterocycles. The number of carbonyl (C=O) groups is 1. The highest BCUT2D eigenvalue weighted by Crippen LogP contribution is 2.24. The van der Waals surface area contributed by atoms with Crippen LogP contribution in [0.15, 0.2) is 24.3 Å². The smallest absolute Gasteiger partial charge is 0.238 e. The highest BCUT2D eigenvalue weighted by molar-refractivity contribution is 5.92. The molecule has 1 aromatic rings. The molecule has 0 unspecified atom stereocenters. The molecule has 1 aliphatic rings. The molecule has 1 fully saturated rings. The quantitative estimate of drug-likeness (QED) is 0.733. The average Bonchev–Trinajstić information content (AvgIpc) is 3.18. The number of hydrogen-bond acceptors (Lipinski definition) is 3. The second-order valence-corrected chi connectivity index (χ2v) is 4.95. The van der Waals surface area contributed by atoms with E-state index in [2.05, 4.69) is 22.6 Å². The molecule has 1 saturated carbocycles. The van der Waals surface area contributed by atoms with E-state index in [0.29, 0.717) is 5.69 Å². The molecule has 0 spiro atoms. The zero-order chi connectivity index (χ0) is 13.7. The van der Waals surface area contributed by atoms with Crippen LogP contribution in [0.1, 0.15) is 12.8 Å². The van der Waals surface area contributed by atoms with Crippen LogP contribution in [0.5, 0.6) is 0 Å². The standard InChI is InChI=1S/C14H20FN3O/c1-18(13-5-6-13)8-7-16-10-14(19)17-12-4-2-3-11(15)9-12/h2-4,9,13,16H,5-8,10H2,1H3,(H,17,19). The van der Waals surface area contributed by atoms with Gasteiger partial charge in [-0.25, -0.2) is 4.39 Å². The number of amides is 1.